The van der Waals surface area contributed by atoms with E-state index in [1.54, 1.807) is 4.90 Å². The van der Waals surface area contributed by atoms with Crippen molar-refractivity contribution in [1.29, 1.82) is 0 Å². The first-order valence-corrected chi connectivity index (χ1v) is 4.99. The molecule has 2 rings (SSSR count). The molecule has 1 aromatic rings. The van der Waals surface area contributed by atoms with Crippen LogP contribution in [-0.2, 0) is 4.74 Å². The van der Waals surface area contributed by atoms with Crippen molar-refractivity contribution in [1.82, 2.24) is 0 Å². The Morgan fingerprint density at radius 3 is 2.93 bits per heavy atom. The molecular formula is C11H14N2O2. The van der Waals surface area contributed by atoms with Crippen molar-refractivity contribution < 1.29 is 9.53 Å². The fourth-order valence-electron chi connectivity index (χ4n) is 1.69. The molecule has 1 aliphatic rings. The summed E-state index contributed by atoms with van der Waals surface area (Å²) in [5.41, 5.74) is 8.31. The normalized spacial score (nSPS) is 16.3. The van der Waals surface area contributed by atoms with E-state index in [1.165, 1.54) is 0 Å². The quantitative estimate of drug-likeness (QED) is 0.714. The Bertz CT molecular complexity index is 390. The molecule has 80 valence electrons. The van der Waals surface area contributed by atoms with Crippen molar-refractivity contribution in [2.75, 3.05) is 23.8 Å². The molecule has 1 heterocycles. The maximum Gasteiger partial charge on any atom is 0.414 e. The molecule has 0 unspecified atom stereocenters. The zero-order valence-electron chi connectivity index (χ0n) is 8.69. The van der Waals surface area contributed by atoms with Gasteiger partial charge in [0.15, 0.2) is 0 Å². The van der Waals surface area contributed by atoms with Gasteiger partial charge in [-0.05, 0) is 31.0 Å². The minimum absolute atomic E-state index is 0.309. The van der Waals surface area contributed by atoms with Crippen molar-refractivity contribution in [3.63, 3.8) is 0 Å². The SMILES string of the molecule is Cc1ccc(N2CCCOC2=O)c(N)c1. The van der Waals surface area contributed by atoms with Gasteiger partial charge in [0.05, 0.1) is 18.0 Å². The Labute approximate surface area is 88.6 Å². The highest BCUT2D eigenvalue weighted by molar-refractivity contribution is 5.92. The number of amides is 1. The summed E-state index contributed by atoms with van der Waals surface area (Å²) < 4.78 is 4.96. The van der Waals surface area contributed by atoms with E-state index in [1.807, 2.05) is 25.1 Å². The summed E-state index contributed by atoms with van der Waals surface area (Å²) in [7, 11) is 0. The summed E-state index contributed by atoms with van der Waals surface area (Å²) in [5.74, 6) is 0. The molecule has 0 spiro atoms. The number of carbonyl (C=O) groups excluding carboxylic acids is 1. The second kappa shape index (κ2) is 3.81. The van der Waals surface area contributed by atoms with Crippen LogP contribution >= 0.6 is 0 Å². The van der Waals surface area contributed by atoms with Crippen molar-refractivity contribution in [3.8, 4) is 0 Å². The van der Waals surface area contributed by atoms with E-state index >= 15 is 0 Å². The van der Waals surface area contributed by atoms with Crippen LogP contribution in [0.2, 0.25) is 0 Å². The molecule has 15 heavy (non-hydrogen) atoms. The Balaban J connectivity index is 2.31. The highest BCUT2D eigenvalue weighted by atomic mass is 16.6. The molecule has 0 saturated carbocycles. The van der Waals surface area contributed by atoms with Crippen LogP contribution in [0.3, 0.4) is 0 Å². The minimum Gasteiger partial charge on any atom is -0.449 e. The first kappa shape index (κ1) is 9.83. The Kier molecular flexibility index (Phi) is 2.49. The van der Waals surface area contributed by atoms with E-state index in [0.29, 0.717) is 18.8 Å². The molecule has 2 N–H and O–H groups in total. The number of aryl methyl sites for hydroxylation is 1. The molecule has 0 bridgehead atoms. The smallest absolute Gasteiger partial charge is 0.414 e. The molecule has 4 nitrogen and oxygen atoms in total. The standard InChI is InChI=1S/C11H14N2O2/c1-8-3-4-10(9(12)7-8)13-5-2-6-15-11(13)14/h3-4,7H,2,5-6,12H2,1H3. The number of nitrogens with zero attached hydrogens (tertiary/aromatic N) is 1. The lowest BCUT2D eigenvalue weighted by Gasteiger charge is -2.27. The molecule has 1 saturated heterocycles. The zero-order chi connectivity index (χ0) is 10.8. The summed E-state index contributed by atoms with van der Waals surface area (Å²) in [4.78, 5) is 13.1. The maximum atomic E-state index is 11.5. The lowest BCUT2D eigenvalue weighted by molar-refractivity contribution is 0.140. The van der Waals surface area contributed by atoms with Crippen molar-refractivity contribution in [2.45, 2.75) is 13.3 Å². The molecule has 1 aliphatic heterocycles. The van der Waals surface area contributed by atoms with Gasteiger partial charge in [-0.2, -0.15) is 0 Å². The molecule has 0 radical (unpaired) electrons. The number of rotatable bonds is 1. The third kappa shape index (κ3) is 1.88. The zero-order valence-corrected chi connectivity index (χ0v) is 8.69. The average molecular weight is 206 g/mol. The summed E-state index contributed by atoms with van der Waals surface area (Å²) in [6, 6.07) is 5.65. The summed E-state index contributed by atoms with van der Waals surface area (Å²) >= 11 is 0. The highest BCUT2D eigenvalue weighted by Crippen LogP contribution is 2.26. The highest BCUT2D eigenvalue weighted by Gasteiger charge is 2.22. The molecule has 1 amide bonds. The monoisotopic (exact) mass is 206 g/mol. The van der Waals surface area contributed by atoms with Crippen LogP contribution in [0.15, 0.2) is 18.2 Å². The molecule has 4 heteroatoms. The first-order valence-electron chi connectivity index (χ1n) is 4.99. The number of anilines is 2. The second-order valence-corrected chi connectivity index (χ2v) is 3.68. The van der Waals surface area contributed by atoms with Gasteiger partial charge < -0.3 is 10.5 Å². The summed E-state index contributed by atoms with van der Waals surface area (Å²) in [6.45, 7) is 3.14. The molecule has 0 atom stereocenters. The number of ether oxygens (including phenoxy) is 1. The van der Waals surface area contributed by atoms with E-state index in [2.05, 4.69) is 0 Å². The Hall–Kier alpha value is -1.71. The number of carbonyl (C=O) groups is 1. The average Bonchev–Trinajstić information content (AvgIpc) is 2.20. The van der Waals surface area contributed by atoms with Crippen molar-refractivity contribution in [2.24, 2.45) is 0 Å². The minimum atomic E-state index is -0.309. The number of hydrogen-bond donors (Lipinski definition) is 1. The van der Waals surface area contributed by atoms with E-state index < -0.39 is 0 Å². The molecular weight excluding hydrogens is 192 g/mol. The third-order valence-electron chi connectivity index (χ3n) is 2.45. The number of nitrogens with two attached hydrogens (primary N) is 1. The van der Waals surface area contributed by atoms with Gasteiger partial charge in [0.1, 0.15) is 0 Å². The van der Waals surface area contributed by atoms with Crippen LogP contribution in [0.4, 0.5) is 16.2 Å². The van der Waals surface area contributed by atoms with Gasteiger partial charge >= 0.3 is 6.09 Å². The van der Waals surface area contributed by atoms with Gasteiger partial charge in [-0.25, -0.2) is 4.79 Å². The van der Waals surface area contributed by atoms with Gasteiger partial charge in [-0.3, -0.25) is 4.90 Å². The van der Waals surface area contributed by atoms with Crippen LogP contribution in [0.1, 0.15) is 12.0 Å². The maximum absolute atomic E-state index is 11.5. The van der Waals surface area contributed by atoms with Crippen LogP contribution in [-0.4, -0.2) is 19.2 Å². The van der Waals surface area contributed by atoms with Crippen LogP contribution in [0, 0.1) is 6.92 Å². The van der Waals surface area contributed by atoms with Gasteiger partial charge in [0, 0.05) is 6.54 Å². The summed E-state index contributed by atoms with van der Waals surface area (Å²) in [5, 5.41) is 0. The third-order valence-corrected chi connectivity index (χ3v) is 2.45. The number of hydrogen-bond acceptors (Lipinski definition) is 3. The van der Waals surface area contributed by atoms with Crippen molar-refractivity contribution in [3.05, 3.63) is 23.8 Å². The fourth-order valence-corrected chi connectivity index (χ4v) is 1.69. The first-order chi connectivity index (χ1) is 7.18. The number of benzene rings is 1. The predicted molar refractivity (Wildman–Crippen MR) is 58.9 cm³/mol. The molecule has 0 aromatic heterocycles. The Morgan fingerprint density at radius 2 is 2.27 bits per heavy atom. The van der Waals surface area contributed by atoms with E-state index in [9.17, 15) is 4.79 Å². The topological polar surface area (TPSA) is 55.6 Å². The number of cyclic esters (lactones) is 1. The Morgan fingerprint density at radius 1 is 1.47 bits per heavy atom. The van der Waals surface area contributed by atoms with E-state index in [0.717, 1.165) is 17.7 Å². The molecule has 1 aromatic carbocycles. The molecule has 0 aliphatic carbocycles. The largest absolute Gasteiger partial charge is 0.449 e. The number of nitrogen functional groups attached to an aromatic ring is 1. The lowest BCUT2D eigenvalue weighted by Crippen LogP contribution is -2.38. The van der Waals surface area contributed by atoms with Gasteiger partial charge in [-0.1, -0.05) is 6.07 Å². The molecule has 1 fully saturated rings. The van der Waals surface area contributed by atoms with Crippen LogP contribution < -0.4 is 10.6 Å². The second-order valence-electron chi connectivity index (χ2n) is 3.68. The fraction of sp³-hybridized carbons (Fsp3) is 0.364. The lowest BCUT2D eigenvalue weighted by atomic mass is 10.1. The van der Waals surface area contributed by atoms with Gasteiger partial charge in [0.25, 0.3) is 0 Å². The van der Waals surface area contributed by atoms with Crippen LogP contribution in [0.5, 0.6) is 0 Å². The van der Waals surface area contributed by atoms with Gasteiger partial charge in [-0.15, -0.1) is 0 Å². The van der Waals surface area contributed by atoms with Crippen LogP contribution in [0.25, 0.3) is 0 Å². The van der Waals surface area contributed by atoms with E-state index in [-0.39, 0.29) is 6.09 Å². The van der Waals surface area contributed by atoms with Crippen molar-refractivity contribution >= 4 is 17.5 Å². The van der Waals surface area contributed by atoms with Gasteiger partial charge in [0.2, 0.25) is 0 Å². The summed E-state index contributed by atoms with van der Waals surface area (Å²) in [6.07, 6.45) is 0.538. The predicted octanol–water partition coefficient (Wildman–Crippen LogP) is 1.92. The van der Waals surface area contributed by atoms with E-state index in [4.69, 9.17) is 10.5 Å².